The molecule has 1 aliphatic rings. The SMILES string of the molecule is CC(C)Oc1ncnc2c1ncn2[C@H]1CC[C@@H](CO)O1. The van der Waals surface area contributed by atoms with E-state index in [2.05, 4.69) is 15.0 Å². The summed E-state index contributed by atoms with van der Waals surface area (Å²) in [5.74, 6) is 0.487. The molecule has 20 heavy (non-hydrogen) atoms. The Labute approximate surface area is 116 Å². The minimum Gasteiger partial charge on any atom is -0.473 e. The van der Waals surface area contributed by atoms with E-state index in [-0.39, 0.29) is 25.0 Å². The maximum Gasteiger partial charge on any atom is 0.245 e. The van der Waals surface area contributed by atoms with Gasteiger partial charge in [0.05, 0.1) is 25.1 Å². The molecule has 0 bridgehead atoms. The lowest BCUT2D eigenvalue weighted by atomic mass is 10.2. The number of rotatable bonds is 4. The summed E-state index contributed by atoms with van der Waals surface area (Å²) in [7, 11) is 0. The van der Waals surface area contributed by atoms with Gasteiger partial charge in [-0.05, 0) is 26.7 Å². The number of nitrogens with zero attached hydrogens (tertiary/aromatic N) is 4. The number of aliphatic hydroxyl groups excluding tert-OH is 1. The summed E-state index contributed by atoms with van der Waals surface area (Å²) in [6.07, 6.45) is 4.61. The van der Waals surface area contributed by atoms with E-state index in [1.807, 2.05) is 18.4 Å². The number of hydrogen-bond acceptors (Lipinski definition) is 6. The van der Waals surface area contributed by atoms with Gasteiger partial charge in [-0.25, -0.2) is 9.97 Å². The van der Waals surface area contributed by atoms with Crippen molar-refractivity contribution in [1.82, 2.24) is 19.5 Å². The molecule has 0 saturated carbocycles. The Morgan fingerprint density at radius 1 is 1.40 bits per heavy atom. The number of aliphatic hydroxyl groups is 1. The van der Waals surface area contributed by atoms with Crippen LogP contribution in [0, 0.1) is 0 Å². The predicted octanol–water partition coefficient (Wildman–Crippen LogP) is 1.28. The first-order valence-electron chi connectivity index (χ1n) is 6.79. The molecule has 7 nitrogen and oxygen atoms in total. The van der Waals surface area contributed by atoms with Crippen molar-refractivity contribution in [3.8, 4) is 5.88 Å². The van der Waals surface area contributed by atoms with Gasteiger partial charge in [-0.15, -0.1) is 0 Å². The average Bonchev–Trinajstić information content (AvgIpc) is 3.04. The van der Waals surface area contributed by atoms with Gasteiger partial charge in [0, 0.05) is 0 Å². The number of hydrogen-bond donors (Lipinski definition) is 1. The standard InChI is InChI=1S/C13H18N4O3/c1-8(2)19-13-11-12(14-6-15-13)17(7-16-11)10-4-3-9(5-18)20-10/h6-10,18H,3-5H2,1-2H3/t9-,10+/m0/s1. The smallest absolute Gasteiger partial charge is 0.245 e. The molecular weight excluding hydrogens is 260 g/mol. The maximum absolute atomic E-state index is 9.14. The molecule has 0 spiro atoms. The van der Waals surface area contributed by atoms with Crippen molar-refractivity contribution in [1.29, 1.82) is 0 Å². The van der Waals surface area contributed by atoms with Gasteiger partial charge in [0.25, 0.3) is 0 Å². The van der Waals surface area contributed by atoms with Gasteiger partial charge < -0.3 is 14.6 Å². The Morgan fingerprint density at radius 3 is 2.95 bits per heavy atom. The third kappa shape index (κ3) is 2.34. The van der Waals surface area contributed by atoms with E-state index in [0.29, 0.717) is 17.0 Å². The van der Waals surface area contributed by atoms with Crippen molar-refractivity contribution >= 4 is 11.2 Å². The average molecular weight is 278 g/mol. The molecule has 0 amide bonds. The zero-order valence-electron chi connectivity index (χ0n) is 11.6. The number of fused-ring (bicyclic) bond motifs is 1. The molecule has 0 radical (unpaired) electrons. The molecule has 2 aromatic heterocycles. The number of imidazole rings is 1. The highest BCUT2D eigenvalue weighted by atomic mass is 16.5. The maximum atomic E-state index is 9.14. The Balaban J connectivity index is 1.94. The Hall–Kier alpha value is -1.73. The summed E-state index contributed by atoms with van der Waals surface area (Å²) in [6.45, 7) is 3.92. The molecule has 2 aromatic rings. The molecule has 0 unspecified atom stereocenters. The van der Waals surface area contributed by atoms with Gasteiger partial charge in [0.1, 0.15) is 12.6 Å². The van der Waals surface area contributed by atoms with Gasteiger partial charge >= 0.3 is 0 Å². The normalized spacial score (nSPS) is 22.8. The fourth-order valence-corrected chi connectivity index (χ4v) is 2.38. The molecule has 3 rings (SSSR count). The lowest BCUT2D eigenvalue weighted by Crippen LogP contribution is -2.14. The van der Waals surface area contributed by atoms with Crippen LogP contribution in [0.4, 0.5) is 0 Å². The summed E-state index contributed by atoms with van der Waals surface area (Å²) >= 11 is 0. The number of ether oxygens (including phenoxy) is 2. The van der Waals surface area contributed by atoms with Gasteiger partial charge in [0.15, 0.2) is 11.2 Å². The third-order valence-corrected chi connectivity index (χ3v) is 3.27. The lowest BCUT2D eigenvalue weighted by molar-refractivity contribution is -0.0207. The van der Waals surface area contributed by atoms with Crippen LogP contribution in [0.15, 0.2) is 12.7 Å². The Kier molecular flexibility index (Phi) is 3.54. The topological polar surface area (TPSA) is 82.3 Å². The van der Waals surface area contributed by atoms with Crippen LogP contribution in [-0.4, -0.2) is 43.4 Å². The molecule has 1 fully saturated rings. The lowest BCUT2D eigenvalue weighted by Gasteiger charge is -2.14. The third-order valence-electron chi connectivity index (χ3n) is 3.27. The summed E-state index contributed by atoms with van der Waals surface area (Å²) < 4.78 is 13.3. The van der Waals surface area contributed by atoms with Crippen LogP contribution >= 0.6 is 0 Å². The highest BCUT2D eigenvalue weighted by Gasteiger charge is 2.28. The Morgan fingerprint density at radius 2 is 2.25 bits per heavy atom. The minimum atomic E-state index is -0.140. The second kappa shape index (κ2) is 5.34. The summed E-state index contributed by atoms with van der Waals surface area (Å²) in [5.41, 5.74) is 1.33. The second-order valence-corrected chi connectivity index (χ2v) is 5.14. The van der Waals surface area contributed by atoms with Crippen molar-refractivity contribution in [3.63, 3.8) is 0 Å². The van der Waals surface area contributed by atoms with Gasteiger partial charge in [-0.2, -0.15) is 4.98 Å². The minimum absolute atomic E-state index is 0.0275. The van der Waals surface area contributed by atoms with Gasteiger partial charge in [0.2, 0.25) is 5.88 Å². The van der Waals surface area contributed by atoms with Crippen LogP contribution < -0.4 is 4.74 Å². The first-order chi connectivity index (χ1) is 9.69. The highest BCUT2D eigenvalue weighted by Crippen LogP contribution is 2.31. The second-order valence-electron chi connectivity index (χ2n) is 5.14. The van der Waals surface area contributed by atoms with Crippen molar-refractivity contribution < 1.29 is 14.6 Å². The van der Waals surface area contributed by atoms with Crippen molar-refractivity contribution in [3.05, 3.63) is 12.7 Å². The van der Waals surface area contributed by atoms with E-state index in [1.54, 1.807) is 6.33 Å². The van der Waals surface area contributed by atoms with Crippen LogP contribution in [0.2, 0.25) is 0 Å². The molecule has 7 heteroatoms. The highest BCUT2D eigenvalue weighted by molar-refractivity contribution is 5.76. The van der Waals surface area contributed by atoms with Crippen LogP contribution in [0.3, 0.4) is 0 Å². The zero-order valence-corrected chi connectivity index (χ0v) is 11.6. The van der Waals surface area contributed by atoms with Crippen LogP contribution in [-0.2, 0) is 4.74 Å². The van der Waals surface area contributed by atoms with E-state index in [1.165, 1.54) is 6.33 Å². The Bertz CT molecular complexity index is 598. The molecule has 3 heterocycles. The van der Waals surface area contributed by atoms with Gasteiger partial charge in [-0.1, -0.05) is 0 Å². The molecule has 108 valence electrons. The van der Waals surface area contributed by atoms with E-state index in [0.717, 1.165) is 12.8 Å². The number of aromatic nitrogens is 4. The van der Waals surface area contributed by atoms with Crippen LogP contribution in [0.1, 0.15) is 32.9 Å². The molecule has 1 saturated heterocycles. The fraction of sp³-hybridized carbons (Fsp3) is 0.615. The monoisotopic (exact) mass is 278 g/mol. The fourth-order valence-electron chi connectivity index (χ4n) is 2.38. The van der Waals surface area contributed by atoms with Crippen molar-refractivity contribution in [2.45, 2.75) is 45.1 Å². The first kappa shape index (κ1) is 13.3. The van der Waals surface area contributed by atoms with E-state index in [9.17, 15) is 0 Å². The molecule has 2 atom stereocenters. The molecule has 1 N–H and O–H groups in total. The summed E-state index contributed by atoms with van der Waals surface area (Å²) in [5, 5.41) is 9.14. The zero-order chi connectivity index (χ0) is 14.1. The molecule has 1 aliphatic heterocycles. The predicted molar refractivity (Wildman–Crippen MR) is 71.3 cm³/mol. The van der Waals surface area contributed by atoms with Gasteiger partial charge in [-0.3, -0.25) is 4.57 Å². The van der Waals surface area contributed by atoms with Crippen LogP contribution in [0.25, 0.3) is 11.2 Å². The van der Waals surface area contributed by atoms with E-state index in [4.69, 9.17) is 14.6 Å². The van der Waals surface area contributed by atoms with E-state index < -0.39 is 0 Å². The molecular formula is C13H18N4O3. The summed E-state index contributed by atoms with van der Waals surface area (Å²) in [4.78, 5) is 12.7. The largest absolute Gasteiger partial charge is 0.473 e. The molecule has 0 aromatic carbocycles. The summed E-state index contributed by atoms with van der Waals surface area (Å²) in [6, 6.07) is 0. The van der Waals surface area contributed by atoms with Crippen molar-refractivity contribution in [2.24, 2.45) is 0 Å². The quantitative estimate of drug-likeness (QED) is 0.907. The molecule has 0 aliphatic carbocycles. The van der Waals surface area contributed by atoms with Crippen molar-refractivity contribution in [2.75, 3.05) is 6.61 Å². The van der Waals surface area contributed by atoms with E-state index >= 15 is 0 Å². The first-order valence-corrected chi connectivity index (χ1v) is 6.79. The van der Waals surface area contributed by atoms with Crippen LogP contribution in [0.5, 0.6) is 5.88 Å².